The summed E-state index contributed by atoms with van der Waals surface area (Å²) >= 11 is 9.57. The van der Waals surface area contributed by atoms with Crippen LogP contribution in [0.25, 0.3) is 33.5 Å². The van der Waals surface area contributed by atoms with E-state index in [-0.39, 0.29) is 27.9 Å². The summed E-state index contributed by atoms with van der Waals surface area (Å²) < 4.78 is 18.2. The zero-order valence-corrected chi connectivity index (χ0v) is 20.8. The Kier molecular flexibility index (Phi) is 5.96. The highest BCUT2D eigenvalue weighted by atomic mass is 79.9. The van der Waals surface area contributed by atoms with E-state index in [4.69, 9.17) is 25.5 Å². The molecule has 0 atom stereocenters. The number of hydrogen-bond donors (Lipinski definition) is 1. The first-order valence-electron chi connectivity index (χ1n) is 10.3. The van der Waals surface area contributed by atoms with Crippen molar-refractivity contribution in [3.63, 3.8) is 0 Å². The molecule has 0 amide bonds. The molecule has 0 saturated heterocycles. The van der Waals surface area contributed by atoms with Gasteiger partial charge in [-0.1, -0.05) is 29.8 Å². The van der Waals surface area contributed by atoms with E-state index in [1.54, 1.807) is 49.6 Å². The molecule has 0 fully saturated rings. The number of benzene rings is 3. The number of phenolic OH excluding ortho intramolecular Hbond substituents is 1. The number of furan rings is 1. The molecule has 0 spiro atoms. The fourth-order valence-electron chi connectivity index (χ4n) is 3.69. The van der Waals surface area contributed by atoms with Gasteiger partial charge in [0.1, 0.15) is 16.4 Å². The predicted octanol–water partition coefficient (Wildman–Crippen LogP) is 5.83. The minimum absolute atomic E-state index is 0.0550. The SMILES string of the molecule is COc1cc(C=Nn2c(-c3cc4c(OC)cccc4o3)nc3ccccc3c2=O)c(Br)c(Cl)c1O. The lowest BCUT2D eigenvalue weighted by Gasteiger charge is -2.10. The number of nitrogens with zero attached hydrogens (tertiary/aromatic N) is 3. The molecule has 2 aromatic heterocycles. The Morgan fingerprint density at radius 1 is 1.09 bits per heavy atom. The van der Waals surface area contributed by atoms with Crippen LogP contribution in [0.1, 0.15) is 5.56 Å². The average Bonchev–Trinajstić information content (AvgIpc) is 3.32. The molecule has 2 heterocycles. The van der Waals surface area contributed by atoms with Gasteiger partial charge in [0, 0.05) is 10.0 Å². The summed E-state index contributed by atoms with van der Waals surface area (Å²) in [7, 11) is 2.98. The molecule has 0 unspecified atom stereocenters. The van der Waals surface area contributed by atoms with E-state index >= 15 is 0 Å². The Bertz CT molecular complexity index is 1690. The van der Waals surface area contributed by atoms with Gasteiger partial charge in [-0.25, -0.2) is 4.98 Å². The van der Waals surface area contributed by atoms with Crippen LogP contribution in [0.15, 0.2) is 73.4 Å². The molecule has 10 heteroatoms. The Morgan fingerprint density at radius 2 is 1.86 bits per heavy atom. The highest BCUT2D eigenvalue weighted by molar-refractivity contribution is 9.10. The van der Waals surface area contributed by atoms with Crippen LogP contribution in [0.5, 0.6) is 17.2 Å². The Balaban J connectivity index is 1.75. The number of halogens is 2. The zero-order valence-electron chi connectivity index (χ0n) is 18.5. The lowest BCUT2D eigenvalue weighted by molar-refractivity contribution is 0.373. The minimum Gasteiger partial charge on any atom is -0.503 e. The van der Waals surface area contributed by atoms with Crippen LogP contribution in [0.4, 0.5) is 0 Å². The van der Waals surface area contributed by atoms with Crippen molar-refractivity contribution in [2.45, 2.75) is 0 Å². The van der Waals surface area contributed by atoms with Gasteiger partial charge in [-0.15, -0.1) is 0 Å². The molecule has 0 saturated carbocycles. The maximum absolute atomic E-state index is 13.5. The van der Waals surface area contributed by atoms with E-state index in [1.807, 2.05) is 12.1 Å². The smallest absolute Gasteiger partial charge is 0.282 e. The summed E-state index contributed by atoms with van der Waals surface area (Å²) in [5.74, 6) is 1.12. The Morgan fingerprint density at radius 3 is 2.63 bits per heavy atom. The fourth-order valence-corrected chi connectivity index (χ4v) is 4.30. The second-order valence-corrected chi connectivity index (χ2v) is 8.61. The third-order valence-electron chi connectivity index (χ3n) is 5.42. The number of aromatic nitrogens is 2. The molecule has 8 nitrogen and oxygen atoms in total. The van der Waals surface area contributed by atoms with Crippen molar-refractivity contribution >= 4 is 55.6 Å². The molecule has 3 aromatic carbocycles. The van der Waals surface area contributed by atoms with Crippen molar-refractivity contribution in [2.75, 3.05) is 14.2 Å². The first-order valence-corrected chi connectivity index (χ1v) is 11.5. The molecule has 0 aliphatic rings. The molecule has 0 aliphatic carbocycles. The molecule has 5 aromatic rings. The molecular weight excluding hydrogens is 538 g/mol. The van der Waals surface area contributed by atoms with E-state index < -0.39 is 0 Å². The number of methoxy groups -OCH3 is 2. The molecule has 176 valence electrons. The number of hydrogen-bond acceptors (Lipinski definition) is 7. The topological polar surface area (TPSA) is 99.1 Å². The van der Waals surface area contributed by atoms with Gasteiger partial charge in [-0.05, 0) is 52.3 Å². The maximum Gasteiger partial charge on any atom is 0.282 e. The van der Waals surface area contributed by atoms with E-state index in [9.17, 15) is 9.90 Å². The van der Waals surface area contributed by atoms with Gasteiger partial charge in [0.05, 0.1) is 36.7 Å². The number of rotatable bonds is 5. The summed E-state index contributed by atoms with van der Waals surface area (Å²) in [5.41, 5.74) is 1.17. The number of phenols is 1. The van der Waals surface area contributed by atoms with E-state index in [0.29, 0.717) is 38.0 Å². The average molecular weight is 555 g/mol. The van der Waals surface area contributed by atoms with Crippen molar-refractivity contribution in [1.82, 2.24) is 9.66 Å². The normalized spacial score (nSPS) is 11.5. The molecule has 0 radical (unpaired) electrons. The lowest BCUT2D eigenvalue weighted by Crippen LogP contribution is -2.20. The van der Waals surface area contributed by atoms with Gasteiger partial charge in [0.25, 0.3) is 5.56 Å². The third kappa shape index (κ3) is 3.92. The van der Waals surface area contributed by atoms with Crippen LogP contribution in [0.2, 0.25) is 5.02 Å². The van der Waals surface area contributed by atoms with Crippen molar-refractivity contribution in [1.29, 1.82) is 0 Å². The van der Waals surface area contributed by atoms with Gasteiger partial charge in [0.2, 0.25) is 5.82 Å². The molecular formula is C25H17BrClN3O5. The monoisotopic (exact) mass is 553 g/mol. The molecule has 5 rings (SSSR count). The summed E-state index contributed by atoms with van der Waals surface area (Å²) in [5, 5.41) is 15.7. The van der Waals surface area contributed by atoms with Gasteiger partial charge >= 0.3 is 0 Å². The third-order valence-corrected chi connectivity index (χ3v) is 6.87. The first-order chi connectivity index (χ1) is 16.9. The standard InChI is InChI=1S/C25H17BrClN3O5/c1-33-17-8-5-9-18-15(17)11-20(35-18)24-29-16-7-4-3-6-14(16)25(32)30(24)28-12-13-10-19(34-2)23(31)22(27)21(13)26/h3-12,31H,1-2H3. The fraction of sp³-hybridized carbons (Fsp3) is 0.0800. The van der Waals surface area contributed by atoms with Crippen molar-refractivity contribution in [3.8, 4) is 28.8 Å². The van der Waals surface area contributed by atoms with Crippen LogP contribution in [0, 0.1) is 0 Å². The summed E-state index contributed by atoms with van der Waals surface area (Å²) in [6, 6.07) is 15.7. The van der Waals surface area contributed by atoms with Gasteiger partial charge in [-0.2, -0.15) is 9.78 Å². The number of aromatic hydroxyl groups is 1. The van der Waals surface area contributed by atoms with Gasteiger partial charge in [-0.3, -0.25) is 4.79 Å². The van der Waals surface area contributed by atoms with Gasteiger partial charge in [0.15, 0.2) is 17.3 Å². The van der Waals surface area contributed by atoms with Crippen LogP contribution in [0.3, 0.4) is 0 Å². The van der Waals surface area contributed by atoms with Crippen molar-refractivity contribution in [2.24, 2.45) is 5.10 Å². The quantitative estimate of drug-likeness (QED) is 0.275. The van der Waals surface area contributed by atoms with E-state index in [1.165, 1.54) is 13.3 Å². The van der Waals surface area contributed by atoms with Gasteiger partial charge < -0.3 is 19.0 Å². The molecule has 1 N–H and O–H groups in total. The predicted molar refractivity (Wildman–Crippen MR) is 138 cm³/mol. The maximum atomic E-state index is 13.5. The molecule has 0 aliphatic heterocycles. The Labute approximate surface area is 212 Å². The van der Waals surface area contributed by atoms with Crippen LogP contribution in [-0.2, 0) is 0 Å². The summed E-state index contributed by atoms with van der Waals surface area (Å²) in [6.45, 7) is 0. The highest BCUT2D eigenvalue weighted by Crippen LogP contribution is 2.41. The lowest BCUT2D eigenvalue weighted by atomic mass is 10.2. The van der Waals surface area contributed by atoms with E-state index in [0.717, 1.165) is 10.1 Å². The summed E-state index contributed by atoms with van der Waals surface area (Å²) in [6.07, 6.45) is 1.42. The second-order valence-electron chi connectivity index (χ2n) is 7.44. The van der Waals surface area contributed by atoms with Crippen LogP contribution >= 0.6 is 27.5 Å². The summed E-state index contributed by atoms with van der Waals surface area (Å²) in [4.78, 5) is 18.1. The van der Waals surface area contributed by atoms with Crippen LogP contribution < -0.4 is 15.0 Å². The zero-order chi connectivity index (χ0) is 24.7. The van der Waals surface area contributed by atoms with Crippen molar-refractivity contribution in [3.05, 3.63) is 80.0 Å². The number of ether oxygens (including phenoxy) is 2. The largest absolute Gasteiger partial charge is 0.503 e. The second kappa shape index (κ2) is 9.09. The number of para-hydroxylation sites is 1. The van der Waals surface area contributed by atoms with Crippen LogP contribution in [-0.4, -0.2) is 35.2 Å². The molecule has 0 bridgehead atoms. The van der Waals surface area contributed by atoms with Crippen molar-refractivity contribution < 1.29 is 19.0 Å². The van der Waals surface area contributed by atoms with E-state index in [2.05, 4.69) is 26.0 Å². The molecule has 35 heavy (non-hydrogen) atoms. The highest BCUT2D eigenvalue weighted by Gasteiger charge is 2.19. The first kappa shape index (κ1) is 22.9. The Hall–Kier alpha value is -3.82. The minimum atomic E-state index is -0.387. The number of fused-ring (bicyclic) bond motifs is 2.